The Labute approximate surface area is 195 Å². The molecular formula is C24H22Br2N2O2. The maximum atomic E-state index is 12.1. The van der Waals surface area contributed by atoms with Gasteiger partial charge >= 0.3 is 0 Å². The van der Waals surface area contributed by atoms with Gasteiger partial charge in [-0.2, -0.15) is 4.90 Å². The van der Waals surface area contributed by atoms with Gasteiger partial charge in [-0.3, -0.25) is 0 Å². The molecule has 0 saturated heterocycles. The van der Waals surface area contributed by atoms with Gasteiger partial charge in [0.2, 0.25) is 0 Å². The van der Waals surface area contributed by atoms with E-state index in [0.717, 1.165) is 40.2 Å². The van der Waals surface area contributed by atoms with Crippen molar-refractivity contribution in [3.63, 3.8) is 0 Å². The van der Waals surface area contributed by atoms with E-state index >= 15 is 0 Å². The minimum atomic E-state index is -1.16. The molecule has 2 heterocycles. The van der Waals surface area contributed by atoms with Crippen LogP contribution in [0.15, 0.2) is 77.3 Å². The second-order valence-corrected chi connectivity index (χ2v) is 8.40. The Balaban J connectivity index is 0.00000218. The van der Waals surface area contributed by atoms with Crippen LogP contribution in [0, 0.1) is 0 Å². The second-order valence-electron chi connectivity index (χ2n) is 7.49. The quantitative estimate of drug-likeness (QED) is 0.526. The average molecular weight is 530 g/mol. The van der Waals surface area contributed by atoms with Gasteiger partial charge in [0.1, 0.15) is 17.1 Å². The zero-order chi connectivity index (χ0) is 20.0. The Kier molecular flexibility index (Phi) is 5.75. The molecule has 2 aliphatic heterocycles. The standard InChI is InChI=1S/C24H22BrN2O2.BrH/c1-29-21-13-11-20(12-14-21)27-23-15-6-17-4-2-3-5-22(17)26(23)16-24(27,28)18-7-9-19(25)10-8-18;/h2-5,7-14,28H,6,15-16H2,1H3;1H/q+1;/p-1. The van der Waals surface area contributed by atoms with Crippen molar-refractivity contribution >= 4 is 33.1 Å². The van der Waals surface area contributed by atoms with E-state index in [1.54, 1.807) is 7.11 Å². The highest BCUT2D eigenvalue weighted by Crippen LogP contribution is 2.42. The van der Waals surface area contributed by atoms with Crippen LogP contribution >= 0.6 is 15.9 Å². The lowest BCUT2D eigenvalue weighted by atomic mass is 10.0. The fourth-order valence-electron chi connectivity index (χ4n) is 4.45. The number of fused-ring (bicyclic) bond motifs is 2. The molecule has 0 radical (unpaired) electrons. The zero-order valence-corrected chi connectivity index (χ0v) is 19.7. The molecule has 2 aliphatic rings. The molecule has 1 atom stereocenters. The Hall–Kier alpha value is -2.15. The Bertz CT molecular complexity index is 1100. The number of hydrogen-bond donors (Lipinski definition) is 1. The zero-order valence-electron chi connectivity index (χ0n) is 16.6. The summed E-state index contributed by atoms with van der Waals surface area (Å²) in [5, 5.41) is 12.1. The van der Waals surface area contributed by atoms with Gasteiger partial charge in [0.15, 0.2) is 6.54 Å². The summed E-state index contributed by atoms with van der Waals surface area (Å²) in [5.74, 6) is 1.93. The van der Waals surface area contributed by atoms with Gasteiger partial charge in [-0.1, -0.05) is 46.3 Å². The van der Waals surface area contributed by atoms with Gasteiger partial charge < -0.3 is 26.8 Å². The third kappa shape index (κ3) is 3.37. The predicted molar refractivity (Wildman–Crippen MR) is 118 cm³/mol. The molecule has 0 amide bonds. The van der Waals surface area contributed by atoms with Crippen LogP contribution in [-0.2, 0) is 12.1 Å². The van der Waals surface area contributed by atoms with E-state index in [4.69, 9.17) is 4.74 Å². The van der Waals surface area contributed by atoms with Gasteiger partial charge in [-0.15, -0.1) is 0 Å². The summed E-state index contributed by atoms with van der Waals surface area (Å²) in [4.78, 5) is 2.09. The summed E-state index contributed by atoms with van der Waals surface area (Å²) in [5.41, 5.74) is 3.16. The molecule has 5 rings (SSSR count). The van der Waals surface area contributed by atoms with E-state index in [-0.39, 0.29) is 17.0 Å². The first kappa shape index (κ1) is 21.1. The molecule has 1 unspecified atom stereocenters. The molecule has 3 aromatic rings. The van der Waals surface area contributed by atoms with Crippen molar-refractivity contribution in [3.8, 4) is 5.75 Å². The largest absolute Gasteiger partial charge is 1.00 e. The van der Waals surface area contributed by atoms with E-state index in [2.05, 4.69) is 49.7 Å². The van der Waals surface area contributed by atoms with E-state index in [0.29, 0.717) is 6.54 Å². The molecular weight excluding hydrogens is 508 g/mol. The maximum Gasteiger partial charge on any atom is 0.275 e. The first-order chi connectivity index (χ1) is 14.1. The number of nitrogens with zero attached hydrogens (tertiary/aromatic N) is 2. The Morgan fingerprint density at radius 1 is 0.967 bits per heavy atom. The van der Waals surface area contributed by atoms with E-state index in [1.807, 2.05) is 48.5 Å². The molecule has 0 aliphatic carbocycles. The third-order valence-electron chi connectivity index (χ3n) is 5.86. The van der Waals surface area contributed by atoms with Crippen LogP contribution in [0.2, 0.25) is 0 Å². The molecule has 0 aromatic heterocycles. The number of para-hydroxylation sites is 1. The number of anilines is 1. The molecule has 4 nitrogen and oxygen atoms in total. The van der Waals surface area contributed by atoms with Crippen molar-refractivity contribution < 1.29 is 31.4 Å². The van der Waals surface area contributed by atoms with Crippen LogP contribution in [-0.4, -0.2) is 29.2 Å². The Morgan fingerprint density at radius 3 is 2.37 bits per heavy atom. The van der Waals surface area contributed by atoms with Gasteiger partial charge in [0.05, 0.1) is 13.5 Å². The summed E-state index contributed by atoms with van der Waals surface area (Å²) < 4.78 is 8.60. The SMILES string of the molecule is COc1ccc(N2C3=[N+](CC2(O)c2ccc(Br)cc2)c2ccccc2CC3)cc1.[Br-]. The van der Waals surface area contributed by atoms with Gasteiger partial charge in [-0.25, -0.2) is 4.58 Å². The highest BCUT2D eigenvalue weighted by molar-refractivity contribution is 9.10. The number of aryl methyl sites for hydroxylation is 1. The number of halogens is 2. The molecule has 3 aromatic carbocycles. The smallest absolute Gasteiger partial charge is 0.275 e. The van der Waals surface area contributed by atoms with Crippen molar-refractivity contribution in [3.05, 3.63) is 88.4 Å². The van der Waals surface area contributed by atoms with E-state index < -0.39 is 5.72 Å². The van der Waals surface area contributed by atoms with Crippen molar-refractivity contribution in [1.82, 2.24) is 0 Å². The normalized spacial score (nSPS) is 19.8. The molecule has 30 heavy (non-hydrogen) atoms. The summed E-state index contributed by atoms with van der Waals surface area (Å²) in [7, 11) is 1.66. The van der Waals surface area contributed by atoms with Gasteiger partial charge in [0, 0.05) is 10.0 Å². The maximum absolute atomic E-state index is 12.1. The third-order valence-corrected chi connectivity index (χ3v) is 6.38. The summed E-state index contributed by atoms with van der Waals surface area (Å²) >= 11 is 3.51. The minimum Gasteiger partial charge on any atom is -1.00 e. The second kappa shape index (κ2) is 8.17. The number of methoxy groups -OCH3 is 1. The van der Waals surface area contributed by atoms with Crippen LogP contribution in [0.1, 0.15) is 17.5 Å². The van der Waals surface area contributed by atoms with Gasteiger partial charge in [0.25, 0.3) is 11.6 Å². The van der Waals surface area contributed by atoms with Crippen LogP contribution in [0.3, 0.4) is 0 Å². The van der Waals surface area contributed by atoms with E-state index in [9.17, 15) is 5.11 Å². The van der Waals surface area contributed by atoms with Crippen molar-refractivity contribution in [2.75, 3.05) is 18.6 Å². The molecule has 0 bridgehead atoms. The number of benzene rings is 3. The molecule has 6 heteroatoms. The molecule has 154 valence electrons. The number of rotatable bonds is 3. The lowest BCUT2D eigenvalue weighted by Gasteiger charge is -2.29. The fraction of sp³-hybridized carbons (Fsp3) is 0.208. The van der Waals surface area contributed by atoms with Crippen LogP contribution in [0.5, 0.6) is 5.75 Å². The van der Waals surface area contributed by atoms with Crippen LogP contribution in [0.4, 0.5) is 11.4 Å². The van der Waals surface area contributed by atoms with Crippen molar-refractivity contribution in [1.29, 1.82) is 0 Å². The van der Waals surface area contributed by atoms with Crippen molar-refractivity contribution in [2.45, 2.75) is 18.6 Å². The highest BCUT2D eigenvalue weighted by Gasteiger charge is 2.55. The number of hydrogen-bond acceptors (Lipinski definition) is 3. The lowest BCUT2D eigenvalue weighted by molar-refractivity contribution is -0.453. The van der Waals surface area contributed by atoms with Crippen molar-refractivity contribution in [2.24, 2.45) is 0 Å². The van der Waals surface area contributed by atoms with Crippen LogP contribution < -0.4 is 26.6 Å². The number of ether oxygens (including phenoxy) is 1. The highest BCUT2D eigenvalue weighted by atomic mass is 79.9. The summed E-state index contributed by atoms with van der Waals surface area (Å²) in [6.07, 6.45) is 1.84. The van der Waals surface area contributed by atoms with Crippen LogP contribution in [0.25, 0.3) is 0 Å². The summed E-state index contributed by atoms with van der Waals surface area (Å²) in [6, 6.07) is 24.3. The fourth-order valence-corrected chi connectivity index (χ4v) is 4.72. The van der Waals surface area contributed by atoms with Gasteiger partial charge in [-0.05, 0) is 54.4 Å². The number of aliphatic hydroxyl groups is 1. The topological polar surface area (TPSA) is 35.7 Å². The Morgan fingerprint density at radius 2 is 1.67 bits per heavy atom. The van der Waals surface area contributed by atoms with E-state index in [1.165, 1.54) is 11.3 Å². The lowest BCUT2D eigenvalue weighted by Crippen LogP contribution is -3.00. The molecule has 1 N–H and O–H groups in total. The first-order valence-corrected chi connectivity index (χ1v) is 10.5. The number of amidine groups is 1. The molecule has 0 fully saturated rings. The first-order valence-electron chi connectivity index (χ1n) is 9.74. The predicted octanol–water partition coefficient (Wildman–Crippen LogP) is 1.82. The minimum absolute atomic E-state index is 0. The molecule has 0 saturated carbocycles. The molecule has 0 spiro atoms. The monoisotopic (exact) mass is 528 g/mol. The summed E-state index contributed by atoms with van der Waals surface area (Å²) in [6.45, 7) is 0.479. The average Bonchev–Trinajstić information content (AvgIpc) is 3.08.